The van der Waals surface area contributed by atoms with E-state index in [0.717, 1.165) is 0 Å². The van der Waals surface area contributed by atoms with Crippen LogP contribution in [0.1, 0.15) is 13.8 Å². The van der Waals surface area contributed by atoms with Gasteiger partial charge < -0.3 is 15.2 Å². The van der Waals surface area contributed by atoms with Crippen molar-refractivity contribution < 1.29 is 24.2 Å². The summed E-state index contributed by atoms with van der Waals surface area (Å²) in [5.41, 5.74) is -0.537. The molecule has 8 heteroatoms. The molecule has 1 rings (SSSR count). The average Bonchev–Trinajstić information content (AvgIpc) is 2.24. The summed E-state index contributed by atoms with van der Waals surface area (Å²) in [7, 11) is 0. The van der Waals surface area contributed by atoms with Crippen LogP contribution in [0.3, 0.4) is 0 Å². The maximum Gasteiger partial charge on any atom is 0.329 e. The number of urea groups is 1. The van der Waals surface area contributed by atoms with Crippen LogP contribution in [0.15, 0.2) is 0 Å². The highest BCUT2D eigenvalue weighted by Crippen LogP contribution is 2.23. The Kier molecular flexibility index (Phi) is 5.25. The summed E-state index contributed by atoms with van der Waals surface area (Å²) < 4.78 is 5.21. The normalized spacial score (nSPS) is 17.4. The van der Waals surface area contributed by atoms with Crippen molar-refractivity contribution >= 4 is 17.9 Å². The predicted molar refractivity (Wildman–Crippen MR) is 65.6 cm³/mol. The van der Waals surface area contributed by atoms with Crippen molar-refractivity contribution in [1.82, 2.24) is 15.5 Å². The van der Waals surface area contributed by atoms with E-state index in [-0.39, 0.29) is 13.2 Å². The van der Waals surface area contributed by atoms with Crippen LogP contribution in [0.4, 0.5) is 4.79 Å². The van der Waals surface area contributed by atoms with E-state index in [0.29, 0.717) is 19.6 Å². The van der Waals surface area contributed by atoms with E-state index in [1.807, 2.05) is 0 Å². The smallest absolute Gasteiger partial charge is 0.329 e. The highest BCUT2D eigenvalue weighted by atomic mass is 16.5. The summed E-state index contributed by atoms with van der Waals surface area (Å²) in [5, 5.41) is 13.2. The molecule has 0 saturated carbocycles. The Bertz CT molecular complexity index is 365. The highest BCUT2D eigenvalue weighted by molar-refractivity contribution is 5.95. The van der Waals surface area contributed by atoms with Crippen molar-refractivity contribution in [3.05, 3.63) is 0 Å². The molecule has 0 aromatic rings. The Hall–Kier alpha value is -1.67. The summed E-state index contributed by atoms with van der Waals surface area (Å²) in [4.78, 5) is 34.7. The maximum absolute atomic E-state index is 11.5. The lowest BCUT2D eigenvalue weighted by Gasteiger charge is -2.46. The lowest BCUT2D eigenvalue weighted by Crippen LogP contribution is -2.63. The second-order valence-electron chi connectivity index (χ2n) is 4.69. The van der Waals surface area contributed by atoms with Crippen molar-refractivity contribution in [2.75, 3.05) is 32.8 Å². The molecule has 0 unspecified atom stereocenters. The molecule has 1 saturated heterocycles. The summed E-state index contributed by atoms with van der Waals surface area (Å²) in [6.45, 7) is 4.65. The number of carboxylic acid groups (broad SMARTS) is 1. The molecule has 0 bridgehead atoms. The van der Waals surface area contributed by atoms with Crippen molar-refractivity contribution in [1.29, 1.82) is 0 Å². The molecule has 1 aliphatic heterocycles. The third kappa shape index (κ3) is 5.23. The van der Waals surface area contributed by atoms with Gasteiger partial charge in [-0.3, -0.25) is 15.0 Å². The fourth-order valence-electron chi connectivity index (χ4n) is 1.91. The Morgan fingerprint density at radius 3 is 2.53 bits per heavy atom. The monoisotopic (exact) mass is 273 g/mol. The van der Waals surface area contributed by atoms with Gasteiger partial charge in [-0.2, -0.15) is 0 Å². The van der Waals surface area contributed by atoms with Crippen molar-refractivity contribution in [3.8, 4) is 0 Å². The first kappa shape index (κ1) is 15.4. The molecule has 1 aliphatic rings. The first-order valence-electron chi connectivity index (χ1n) is 6.00. The standard InChI is InChI=1S/C11H19N3O5/c1-3-12-10(18)13-8(15)4-14-6-11(2,7-14)19-5-9(16)17/h3-7H2,1-2H3,(H,16,17)(H2,12,13,15,18). The molecule has 0 aromatic carbocycles. The van der Waals surface area contributed by atoms with Gasteiger partial charge in [-0.25, -0.2) is 9.59 Å². The molecule has 8 nitrogen and oxygen atoms in total. The zero-order valence-corrected chi connectivity index (χ0v) is 11.1. The largest absolute Gasteiger partial charge is 0.480 e. The van der Waals surface area contributed by atoms with Crippen LogP contribution >= 0.6 is 0 Å². The minimum absolute atomic E-state index is 0.0865. The third-order valence-electron chi connectivity index (χ3n) is 2.62. The number of imide groups is 1. The summed E-state index contributed by atoms with van der Waals surface area (Å²) in [6, 6.07) is -0.516. The van der Waals surface area contributed by atoms with Crippen molar-refractivity contribution in [2.24, 2.45) is 0 Å². The Balaban J connectivity index is 2.22. The molecule has 108 valence electrons. The lowest BCUT2D eigenvalue weighted by atomic mass is 9.96. The summed E-state index contributed by atoms with van der Waals surface area (Å²) in [6.07, 6.45) is 0. The van der Waals surface area contributed by atoms with Gasteiger partial charge in [-0.1, -0.05) is 0 Å². The third-order valence-corrected chi connectivity index (χ3v) is 2.62. The number of carboxylic acids is 1. The average molecular weight is 273 g/mol. The van der Waals surface area contributed by atoms with E-state index in [9.17, 15) is 14.4 Å². The van der Waals surface area contributed by atoms with Gasteiger partial charge in [0.1, 0.15) is 6.61 Å². The lowest BCUT2D eigenvalue weighted by molar-refractivity contribution is -0.166. The van der Waals surface area contributed by atoms with Crippen molar-refractivity contribution in [2.45, 2.75) is 19.4 Å². The van der Waals surface area contributed by atoms with Gasteiger partial charge >= 0.3 is 12.0 Å². The molecule has 0 spiro atoms. The SMILES string of the molecule is CCNC(=O)NC(=O)CN1CC(C)(OCC(=O)O)C1. The molecule has 0 atom stereocenters. The molecule has 3 amide bonds. The van der Waals surface area contributed by atoms with Crippen LogP contribution in [0.2, 0.25) is 0 Å². The Morgan fingerprint density at radius 1 is 1.37 bits per heavy atom. The van der Waals surface area contributed by atoms with Crippen LogP contribution in [0.5, 0.6) is 0 Å². The Morgan fingerprint density at radius 2 is 2.00 bits per heavy atom. The highest BCUT2D eigenvalue weighted by Gasteiger charge is 2.40. The number of hydrogen-bond donors (Lipinski definition) is 3. The quantitative estimate of drug-likeness (QED) is 0.573. The molecule has 3 N–H and O–H groups in total. The van der Waals surface area contributed by atoms with Gasteiger partial charge in [0.2, 0.25) is 5.91 Å². The molecule has 0 aliphatic carbocycles. The van der Waals surface area contributed by atoms with Gasteiger partial charge in [-0.05, 0) is 13.8 Å². The molecule has 19 heavy (non-hydrogen) atoms. The number of nitrogens with zero attached hydrogens (tertiary/aromatic N) is 1. The van der Waals surface area contributed by atoms with Gasteiger partial charge in [0, 0.05) is 19.6 Å². The van der Waals surface area contributed by atoms with Crippen LogP contribution in [-0.2, 0) is 14.3 Å². The minimum Gasteiger partial charge on any atom is -0.480 e. The fraction of sp³-hybridized carbons (Fsp3) is 0.727. The fourth-order valence-corrected chi connectivity index (χ4v) is 1.91. The van der Waals surface area contributed by atoms with Gasteiger partial charge in [0.25, 0.3) is 0 Å². The minimum atomic E-state index is -1.02. The first-order valence-corrected chi connectivity index (χ1v) is 6.00. The predicted octanol–water partition coefficient (Wildman–Crippen LogP) is -0.992. The number of nitrogens with one attached hydrogen (secondary N) is 2. The van der Waals surface area contributed by atoms with E-state index in [2.05, 4.69) is 10.6 Å². The van der Waals surface area contributed by atoms with Crippen LogP contribution in [0.25, 0.3) is 0 Å². The zero-order valence-electron chi connectivity index (χ0n) is 11.1. The Labute approximate surface area is 111 Å². The summed E-state index contributed by atoms with van der Waals surface area (Å²) >= 11 is 0. The molecule has 1 heterocycles. The first-order chi connectivity index (χ1) is 8.84. The van der Waals surface area contributed by atoms with Gasteiger partial charge in [0.05, 0.1) is 12.1 Å². The summed E-state index contributed by atoms with van der Waals surface area (Å²) in [5.74, 6) is -1.42. The number of aliphatic carboxylic acids is 1. The number of likely N-dealkylation sites (tertiary alicyclic amines) is 1. The maximum atomic E-state index is 11.5. The van der Waals surface area contributed by atoms with Crippen LogP contribution < -0.4 is 10.6 Å². The zero-order chi connectivity index (χ0) is 14.5. The number of hydrogen-bond acceptors (Lipinski definition) is 5. The molecular formula is C11H19N3O5. The molecule has 0 aromatic heterocycles. The van der Waals surface area contributed by atoms with Crippen LogP contribution in [0, 0.1) is 0 Å². The van der Waals surface area contributed by atoms with Crippen LogP contribution in [-0.4, -0.2) is 66.3 Å². The second-order valence-corrected chi connectivity index (χ2v) is 4.69. The van der Waals surface area contributed by atoms with Gasteiger partial charge in [0.15, 0.2) is 0 Å². The number of carbonyl (C=O) groups is 3. The van der Waals surface area contributed by atoms with Gasteiger partial charge in [-0.15, -0.1) is 0 Å². The van der Waals surface area contributed by atoms with E-state index in [1.165, 1.54) is 0 Å². The number of rotatable bonds is 6. The number of carbonyl (C=O) groups excluding carboxylic acids is 2. The second kappa shape index (κ2) is 6.48. The topological polar surface area (TPSA) is 108 Å². The number of amides is 3. The molecule has 0 radical (unpaired) electrons. The number of ether oxygens (including phenoxy) is 1. The van der Waals surface area contributed by atoms with E-state index in [4.69, 9.17) is 9.84 Å². The van der Waals surface area contributed by atoms with E-state index >= 15 is 0 Å². The van der Waals surface area contributed by atoms with E-state index < -0.39 is 23.5 Å². The molecule has 1 fully saturated rings. The van der Waals surface area contributed by atoms with E-state index in [1.54, 1.807) is 18.7 Å². The van der Waals surface area contributed by atoms with Crippen molar-refractivity contribution in [3.63, 3.8) is 0 Å². The molecular weight excluding hydrogens is 254 g/mol.